The Morgan fingerprint density at radius 1 is 1.05 bits per heavy atom. The van der Waals surface area contributed by atoms with Crippen molar-refractivity contribution in [3.05, 3.63) is 5.69 Å². The van der Waals surface area contributed by atoms with Gasteiger partial charge in [0.15, 0.2) is 0 Å². The van der Waals surface area contributed by atoms with E-state index in [9.17, 15) is 0 Å². The standard InChI is InChI=1S/C15H29N3O/c1-4-6-7-8-9-10-12-19-15-14(16)13(11-5-2)17-18(15)3/h4-12,16H2,1-3H3. The molecule has 0 saturated carbocycles. The number of nitrogen functional groups attached to an aromatic ring is 1. The van der Waals surface area contributed by atoms with Crippen LogP contribution in [0.15, 0.2) is 0 Å². The van der Waals surface area contributed by atoms with Crippen molar-refractivity contribution in [1.29, 1.82) is 0 Å². The summed E-state index contributed by atoms with van der Waals surface area (Å²) in [6, 6.07) is 0. The van der Waals surface area contributed by atoms with E-state index in [1.165, 1.54) is 32.1 Å². The van der Waals surface area contributed by atoms with E-state index in [0.29, 0.717) is 0 Å². The van der Waals surface area contributed by atoms with Crippen molar-refractivity contribution in [2.75, 3.05) is 12.3 Å². The highest BCUT2D eigenvalue weighted by Gasteiger charge is 2.13. The summed E-state index contributed by atoms with van der Waals surface area (Å²) in [7, 11) is 1.89. The second-order valence-corrected chi connectivity index (χ2v) is 5.16. The molecule has 0 radical (unpaired) electrons. The van der Waals surface area contributed by atoms with Gasteiger partial charge in [0.05, 0.1) is 12.3 Å². The topological polar surface area (TPSA) is 53.1 Å². The lowest BCUT2D eigenvalue weighted by Crippen LogP contribution is -2.04. The highest BCUT2D eigenvalue weighted by molar-refractivity contribution is 5.53. The molecule has 4 nitrogen and oxygen atoms in total. The summed E-state index contributed by atoms with van der Waals surface area (Å²) in [6.07, 6.45) is 9.58. The lowest BCUT2D eigenvalue weighted by atomic mass is 10.1. The van der Waals surface area contributed by atoms with Crippen molar-refractivity contribution < 1.29 is 4.74 Å². The summed E-state index contributed by atoms with van der Waals surface area (Å²) in [5, 5.41) is 4.41. The zero-order chi connectivity index (χ0) is 14.1. The first-order chi connectivity index (χ1) is 9.20. The lowest BCUT2D eigenvalue weighted by Gasteiger charge is -2.07. The third kappa shape index (κ3) is 5.13. The highest BCUT2D eigenvalue weighted by Crippen LogP contribution is 2.25. The van der Waals surface area contributed by atoms with Crippen LogP contribution >= 0.6 is 0 Å². The Balaban J connectivity index is 2.29. The molecule has 0 aliphatic heterocycles. The van der Waals surface area contributed by atoms with Gasteiger partial charge in [0.2, 0.25) is 5.88 Å². The quantitative estimate of drug-likeness (QED) is 0.658. The molecule has 19 heavy (non-hydrogen) atoms. The smallest absolute Gasteiger partial charge is 0.235 e. The van der Waals surface area contributed by atoms with Gasteiger partial charge in [0, 0.05) is 7.05 Å². The first-order valence-electron chi connectivity index (χ1n) is 7.64. The van der Waals surface area contributed by atoms with Crippen LogP contribution in [-0.4, -0.2) is 16.4 Å². The van der Waals surface area contributed by atoms with Crippen molar-refractivity contribution in [3.63, 3.8) is 0 Å². The van der Waals surface area contributed by atoms with Gasteiger partial charge in [-0.25, -0.2) is 4.68 Å². The van der Waals surface area contributed by atoms with E-state index in [1.54, 1.807) is 4.68 Å². The molecular weight excluding hydrogens is 238 g/mol. The lowest BCUT2D eigenvalue weighted by molar-refractivity contribution is 0.281. The van der Waals surface area contributed by atoms with Gasteiger partial charge >= 0.3 is 0 Å². The Morgan fingerprint density at radius 3 is 2.42 bits per heavy atom. The van der Waals surface area contributed by atoms with Crippen molar-refractivity contribution in [3.8, 4) is 5.88 Å². The summed E-state index contributed by atoms with van der Waals surface area (Å²) in [5.41, 5.74) is 7.74. The predicted octanol–water partition coefficient (Wildman–Crippen LogP) is 3.69. The first kappa shape index (κ1) is 15.9. The van der Waals surface area contributed by atoms with Gasteiger partial charge in [-0.15, -0.1) is 0 Å². The Bertz CT molecular complexity index is 361. The van der Waals surface area contributed by atoms with Crippen molar-refractivity contribution in [1.82, 2.24) is 9.78 Å². The molecule has 0 aliphatic rings. The molecule has 0 aromatic carbocycles. The fourth-order valence-corrected chi connectivity index (χ4v) is 2.22. The van der Waals surface area contributed by atoms with E-state index in [4.69, 9.17) is 10.5 Å². The number of unbranched alkanes of at least 4 members (excludes halogenated alkanes) is 5. The van der Waals surface area contributed by atoms with E-state index in [1.807, 2.05) is 7.05 Å². The fourth-order valence-electron chi connectivity index (χ4n) is 2.22. The van der Waals surface area contributed by atoms with Crippen LogP contribution in [0.2, 0.25) is 0 Å². The molecule has 0 atom stereocenters. The van der Waals surface area contributed by atoms with Crippen molar-refractivity contribution in [2.24, 2.45) is 7.05 Å². The van der Waals surface area contributed by atoms with E-state index in [2.05, 4.69) is 18.9 Å². The van der Waals surface area contributed by atoms with Crippen molar-refractivity contribution in [2.45, 2.75) is 65.2 Å². The normalized spacial score (nSPS) is 10.9. The van der Waals surface area contributed by atoms with E-state index in [0.717, 1.165) is 43.1 Å². The fraction of sp³-hybridized carbons (Fsp3) is 0.800. The molecule has 0 aliphatic carbocycles. The average molecular weight is 267 g/mol. The van der Waals surface area contributed by atoms with E-state index >= 15 is 0 Å². The van der Waals surface area contributed by atoms with Crippen LogP contribution in [0.5, 0.6) is 5.88 Å². The second kappa shape index (κ2) is 8.83. The Hall–Kier alpha value is -1.19. The molecule has 0 unspecified atom stereocenters. The van der Waals surface area contributed by atoms with E-state index < -0.39 is 0 Å². The van der Waals surface area contributed by atoms with Crippen LogP contribution in [0.4, 0.5) is 5.69 Å². The van der Waals surface area contributed by atoms with Gasteiger partial charge in [-0.3, -0.25) is 0 Å². The van der Waals surface area contributed by atoms with Crippen LogP contribution in [0.1, 0.15) is 64.5 Å². The first-order valence-corrected chi connectivity index (χ1v) is 7.64. The summed E-state index contributed by atoms with van der Waals surface area (Å²) in [4.78, 5) is 0. The number of aryl methyl sites for hydroxylation is 2. The largest absolute Gasteiger partial charge is 0.476 e. The molecule has 0 bridgehead atoms. The molecule has 2 N–H and O–H groups in total. The Labute approximate surface area is 117 Å². The minimum atomic E-state index is 0.718. The number of nitrogens with two attached hydrogens (primary N) is 1. The molecule has 1 rings (SSSR count). The Kier molecular flexibility index (Phi) is 7.38. The number of anilines is 1. The van der Waals surface area contributed by atoms with Crippen LogP contribution in [0.3, 0.4) is 0 Å². The molecule has 1 aromatic rings. The van der Waals surface area contributed by atoms with Gasteiger partial charge in [-0.2, -0.15) is 5.10 Å². The molecule has 110 valence electrons. The molecule has 1 aromatic heterocycles. The number of hydrogen-bond donors (Lipinski definition) is 1. The van der Waals surface area contributed by atoms with Gasteiger partial charge in [0.1, 0.15) is 5.69 Å². The van der Waals surface area contributed by atoms with Gasteiger partial charge < -0.3 is 10.5 Å². The molecule has 1 heterocycles. The predicted molar refractivity (Wildman–Crippen MR) is 80.5 cm³/mol. The van der Waals surface area contributed by atoms with Gasteiger partial charge in [-0.1, -0.05) is 52.4 Å². The number of ether oxygens (including phenoxy) is 1. The summed E-state index contributed by atoms with van der Waals surface area (Å²) >= 11 is 0. The molecule has 0 spiro atoms. The minimum absolute atomic E-state index is 0.718. The molecule has 0 fully saturated rings. The van der Waals surface area contributed by atoms with Gasteiger partial charge in [-0.05, 0) is 12.8 Å². The number of aromatic nitrogens is 2. The zero-order valence-electron chi connectivity index (χ0n) is 12.7. The van der Waals surface area contributed by atoms with E-state index in [-0.39, 0.29) is 0 Å². The number of hydrogen-bond acceptors (Lipinski definition) is 3. The highest BCUT2D eigenvalue weighted by atomic mass is 16.5. The molecular formula is C15H29N3O. The van der Waals surface area contributed by atoms with Crippen LogP contribution in [-0.2, 0) is 13.5 Å². The summed E-state index contributed by atoms with van der Waals surface area (Å²) < 4.78 is 7.54. The maximum Gasteiger partial charge on any atom is 0.235 e. The zero-order valence-corrected chi connectivity index (χ0v) is 12.7. The molecule has 4 heteroatoms. The Morgan fingerprint density at radius 2 is 1.74 bits per heavy atom. The monoisotopic (exact) mass is 267 g/mol. The molecule has 0 saturated heterocycles. The van der Waals surface area contributed by atoms with Gasteiger partial charge in [0.25, 0.3) is 0 Å². The van der Waals surface area contributed by atoms with Crippen molar-refractivity contribution >= 4 is 5.69 Å². The summed E-state index contributed by atoms with van der Waals surface area (Å²) in [6.45, 7) is 5.11. The third-order valence-corrected chi connectivity index (χ3v) is 3.33. The average Bonchev–Trinajstić information content (AvgIpc) is 2.65. The minimum Gasteiger partial charge on any atom is -0.476 e. The maximum atomic E-state index is 6.06. The van der Waals surface area contributed by atoms with Crippen LogP contribution < -0.4 is 10.5 Å². The third-order valence-electron chi connectivity index (χ3n) is 3.33. The van der Waals surface area contributed by atoms with Crippen LogP contribution in [0, 0.1) is 0 Å². The maximum absolute atomic E-state index is 6.06. The number of rotatable bonds is 10. The van der Waals surface area contributed by atoms with Crippen LogP contribution in [0.25, 0.3) is 0 Å². The molecule has 0 amide bonds. The summed E-state index contributed by atoms with van der Waals surface area (Å²) in [5.74, 6) is 0.733. The second-order valence-electron chi connectivity index (χ2n) is 5.16. The number of nitrogens with zero attached hydrogens (tertiary/aromatic N) is 2. The SMILES string of the molecule is CCCCCCCCOc1c(N)c(CCC)nn1C.